The zero-order valence-corrected chi connectivity index (χ0v) is 22.7. The Morgan fingerprint density at radius 1 is 0.750 bits per heavy atom. The van der Waals surface area contributed by atoms with Gasteiger partial charge >= 0.3 is 5.97 Å². The van der Waals surface area contributed by atoms with Crippen LogP contribution in [0.25, 0.3) is 11.1 Å². The number of carbonyl (C=O) groups excluding carboxylic acids is 1. The van der Waals surface area contributed by atoms with E-state index >= 15 is 0 Å². The lowest BCUT2D eigenvalue weighted by molar-refractivity contribution is -0.137. The van der Waals surface area contributed by atoms with Crippen molar-refractivity contribution in [3.05, 3.63) is 89.5 Å². The highest BCUT2D eigenvalue weighted by molar-refractivity contribution is 7.99. The van der Waals surface area contributed by atoms with Crippen molar-refractivity contribution in [2.24, 2.45) is 11.8 Å². The third-order valence-corrected chi connectivity index (χ3v) is 7.44. The molecule has 3 aromatic carbocycles. The van der Waals surface area contributed by atoms with Crippen LogP contribution in [0.5, 0.6) is 0 Å². The highest BCUT2D eigenvalue weighted by Crippen LogP contribution is 2.40. The van der Waals surface area contributed by atoms with Gasteiger partial charge in [0, 0.05) is 28.6 Å². The first-order valence-electron chi connectivity index (χ1n) is 12.9. The lowest BCUT2D eigenvalue weighted by Gasteiger charge is -2.20. The molecule has 0 saturated heterocycles. The molecule has 0 fully saturated rings. The Labute approximate surface area is 220 Å². The standard InChI is InChI=1S/C32H38O3S/c1-22(2)20-24-8-10-25(11-9-24)26-16-18-29(19-17-26)36-31(21-23(3)4)28-14-12-27(13-15-28)30(33)6-5-7-32(34)35/h8-19,22-23,31H,5-7,20-21H2,1-4H3,(H,34,35). The predicted octanol–water partition coefficient (Wildman–Crippen LogP) is 8.87. The summed E-state index contributed by atoms with van der Waals surface area (Å²) >= 11 is 1.86. The molecule has 0 saturated carbocycles. The van der Waals surface area contributed by atoms with Gasteiger partial charge in [0.1, 0.15) is 0 Å². The molecule has 0 amide bonds. The van der Waals surface area contributed by atoms with Crippen LogP contribution >= 0.6 is 11.8 Å². The lowest BCUT2D eigenvalue weighted by Crippen LogP contribution is -2.03. The van der Waals surface area contributed by atoms with E-state index in [0.29, 0.717) is 29.1 Å². The molecule has 3 aromatic rings. The van der Waals surface area contributed by atoms with Crippen molar-refractivity contribution in [2.75, 3.05) is 0 Å². The Hall–Kier alpha value is -2.85. The number of Topliss-reactive ketones (excluding diaryl/α,β-unsaturated/α-hetero) is 1. The number of carbonyl (C=O) groups is 2. The number of hydrogen-bond acceptors (Lipinski definition) is 3. The van der Waals surface area contributed by atoms with Crippen molar-refractivity contribution in [1.29, 1.82) is 0 Å². The van der Waals surface area contributed by atoms with Crippen molar-refractivity contribution in [3.8, 4) is 11.1 Å². The van der Waals surface area contributed by atoms with E-state index in [4.69, 9.17) is 5.11 Å². The number of thioether (sulfide) groups is 1. The first-order valence-corrected chi connectivity index (χ1v) is 13.8. The zero-order valence-electron chi connectivity index (χ0n) is 21.9. The van der Waals surface area contributed by atoms with Crippen LogP contribution in [0.2, 0.25) is 0 Å². The average molecular weight is 503 g/mol. The Morgan fingerprint density at radius 2 is 1.33 bits per heavy atom. The smallest absolute Gasteiger partial charge is 0.303 e. The van der Waals surface area contributed by atoms with Crippen molar-refractivity contribution in [2.45, 2.75) is 69.9 Å². The van der Waals surface area contributed by atoms with Gasteiger partial charge in [-0.1, -0.05) is 88.4 Å². The Morgan fingerprint density at radius 3 is 1.86 bits per heavy atom. The van der Waals surface area contributed by atoms with E-state index in [2.05, 4.69) is 88.4 Å². The Bertz CT molecular complexity index is 1110. The molecule has 0 aliphatic carbocycles. The van der Waals surface area contributed by atoms with Gasteiger partial charge in [-0.15, -0.1) is 11.8 Å². The van der Waals surface area contributed by atoms with Crippen LogP contribution in [0.1, 0.15) is 80.1 Å². The topological polar surface area (TPSA) is 54.4 Å². The molecular weight excluding hydrogens is 464 g/mol. The van der Waals surface area contributed by atoms with E-state index in [1.54, 1.807) is 0 Å². The quantitative estimate of drug-likeness (QED) is 0.187. The summed E-state index contributed by atoms with van der Waals surface area (Å²) in [6.07, 6.45) is 2.81. The summed E-state index contributed by atoms with van der Waals surface area (Å²) < 4.78 is 0. The second-order valence-corrected chi connectivity index (χ2v) is 11.6. The average Bonchev–Trinajstić information content (AvgIpc) is 2.84. The maximum Gasteiger partial charge on any atom is 0.303 e. The Balaban J connectivity index is 1.68. The van der Waals surface area contributed by atoms with Gasteiger partial charge < -0.3 is 5.11 Å². The SMILES string of the molecule is CC(C)Cc1ccc(-c2ccc(SC(CC(C)C)c3ccc(C(=O)CCCC(=O)O)cc3)cc2)cc1. The van der Waals surface area contributed by atoms with Gasteiger partial charge in [0.15, 0.2) is 5.78 Å². The summed E-state index contributed by atoms with van der Waals surface area (Å²) in [6.45, 7) is 8.96. The summed E-state index contributed by atoms with van der Waals surface area (Å²) in [5.41, 5.74) is 5.70. The molecule has 190 valence electrons. The molecule has 1 atom stereocenters. The van der Waals surface area contributed by atoms with Crippen molar-refractivity contribution < 1.29 is 14.7 Å². The number of rotatable bonds is 13. The predicted molar refractivity (Wildman–Crippen MR) is 151 cm³/mol. The summed E-state index contributed by atoms with van der Waals surface area (Å²) in [5.74, 6) is 0.345. The van der Waals surface area contributed by atoms with Gasteiger partial charge in [-0.25, -0.2) is 0 Å². The summed E-state index contributed by atoms with van der Waals surface area (Å²) in [5, 5.41) is 9.08. The molecule has 3 nitrogen and oxygen atoms in total. The molecule has 1 N–H and O–H groups in total. The minimum Gasteiger partial charge on any atom is -0.481 e. The molecule has 0 radical (unpaired) electrons. The fraction of sp³-hybridized carbons (Fsp3) is 0.375. The maximum atomic E-state index is 12.4. The van der Waals surface area contributed by atoms with Crippen LogP contribution in [0, 0.1) is 11.8 Å². The van der Waals surface area contributed by atoms with Gasteiger partial charge in [-0.05, 0) is 65.5 Å². The van der Waals surface area contributed by atoms with E-state index in [0.717, 1.165) is 12.8 Å². The summed E-state index contributed by atoms with van der Waals surface area (Å²) in [4.78, 5) is 24.3. The minimum atomic E-state index is -0.862. The highest BCUT2D eigenvalue weighted by atomic mass is 32.2. The van der Waals surface area contributed by atoms with Gasteiger partial charge in [0.05, 0.1) is 0 Å². The normalized spacial score (nSPS) is 12.2. The largest absolute Gasteiger partial charge is 0.481 e. The van der Waals surface area contributed by atoms with Crippen LogP contribution in [0.3, 0.4) is 0 Å². The highest BCUT2D eigenvalue weighted by Gasteiger charge is 2.16. The fourth-order valence-corrected chi connectivity index (χ4v) is 5.70. The molecule has 0 aromatic heterocycles. The zero-order chi connectivity index (χ0) is 26.1. The van der Waals surface area contributed by atoms with Gasteiger partial charge in [-0.3, -0.25) is 9.59 Å². The maximum absolute atomic E-state index is 12.4. The van der Waals surface area contributed by atoms with E-state index in [9.17, 15) is 9.59 Å². The first-order chi connectivity index (χ1) is 17.2. The minimum absolute atomic E-state index is 0.00342. The second-order valence-electron chi connectivity index (χ2n) is 10.3. The molecule has 0 aliphatic rings. The van der Waals surface area contributed by atoms with Crippen molar-refractivity contribution in [1.82, 2.24) is 0 Å². The van der Waals surface area contributed by atoms with Crippen LogP contribution in [0.15, 0.2) is 77.7 Å². The number of ketones is 1. The Kier molecular flexibility index (Phi) is 10.4. The van der Waals surface area contributed by atoms with E-state index < -0.39 is 5.97 Å². The van der Waals surface area contributed by atoms with E-state index in [1.165, 1.54) is 27.1 Å². The molecule has 0 spiro atoms. The van der Waals surface area contributed by atoms with Crippen LogP contribution < -0.4 is 0 Å². The van der Waals surface area contributed by atoms with Gasteiger partial charge in [-0.2, -0.15) is 0 Å². The number of aliphatic carboxylic acids is 1. The molecule has 4 heteroatoms. The van der Waals surface area contributed by atoms with Crippen LogP contribution in [-0.2, 0) is 11.2 Å². The number of carboxylic acids is 1. The second kappa shape index (κ2) is 13.5. The van der Waals surface area contributed by atoms with Gasteiger partial charge in [0.25, 0.3) is 0 Å². The molecule has 1 unspecified atom stereocenters. The monoisotopic (exact) mass is 502 g/mol. The molecule has 0 aliphatic heterocycles. The van der Waals surface area contributed by atoms with Crippen molar-refractivity contribution >= 4 is 23.5 Å². The fourth-order valence-electron chi connectivity index (χ4n) is 4.30. The third kappa shape index (κ3) is 8.67. The molecule has 0 heterocycles. The van der Waals surface area contributed by atoms with E-state index in [-0.39, 0.29) is 18.6 Å². The van der Waals surface area contributed by atoms with Crippen LogP contribution in [0.4, 0.5) is 0 Å². The number of benzene rings is 3. The van der Waals surface area contributed by atoms with E-state index in [1.807, 2.05) is 23.9 Å². The molecule has 3 rings (SSSR count). The molecule has 0 bridgehead atoms. The molecular formula is C32H38O3S. The third-order valence-electron chi connectivity index (χ3n) is 6.15. The van der Waals surface area contributed by atoms with Crippen molar-refractivity contribution in [3.63, 3.8) is 0 Å². The summed E-state index contributed by atoms with van der Waals surface area (Å²) in [6, 6.07) is 25.6. The lowest BCUT2D eigenvalue weighted by atomic mass is 9.99. The van der Waals surface area contributed by atoms with Crippen LogP contribution in [-0.4, -0.2) is 16.9 Å². The number of hydrogen-bond donors (Lipinski definition) is 1. The first kappa shape index (κ1) is 27.7. The number of carboxylic acid groups (broad SMARTS) is 1. The molecule has 36 heavy (non-hydrogen) atoms. The summed E-state index contributed by atoms with van der Waals surface area (Å²) in [7, 11) is 0. The van der Waals surface area contributed by atoms with Gasteiger partial charge in [0.2, 0.25) is 0 Å².